The molecule has 1 saturated heterocycles. The normalized spacial score (nSPS) is 18.5. The number of carbonyl (C=O) groups excluding carboxylic acids is 1. The van der Waals surface area contributed by atoms with Crippen LogP contribution in [0, 0.1) is 0 Å². The molecular formula is C16H24BrN3O2. The van der Waals surface area contributed by atoms with Gasteiger partial charge in [0.1, 0.15) is 10.2 Å². The van der Waals surface area contributed by atoms with E-state index < -0.39 is 5.60 Å². The van der Waals surface area contributed by atoms with E-state index in [0.29, 0.717) is 0 Å². The van der Waals surface area contributed by atoms with Gasteiger partial charge in [0.05, 0.1) is 0 Å². The van der Waals surface area contributed by atoms with Crippen molar-refractivity contribution in [3.05, 3.63) is 28.5 Å². The second-order valence-electron chi connectivity index (χ2n) is 6.59. The number of pyridine rings is 1. The Morgan fingerprint density at radius 2 is 2.32 bits per heavy atom. The maximum atomic E-state index is 12.2. The first-order valence-electron chi connectivity index (χ1n) is 7.66. The van der Waals surface area contributed by atoms with E-state index in [0.717, 1.165) is 37.1 Å². The smallest absolute Gasteiger partial charge is 0.410 e. The van der Waals surface area contributed by atoms with Crippen LogP contribution in [-0.2, 0) is 11.3 Å². The predicted molar refractivity (Wildman–Crippen MR) is 89.6 cm³/mol. The number of likely N-dealkylation sites (tertiary alicyclic amines) is 1. The molecule has 6 heteroatoms. The van der Waals surface area contributed by atoms with Crippen LogP contribution in [0.15, 0.2) is 22.9 Å². The van der Waals surface area contributed by atoms with Crippen molar-refractivity contribution in [1.29, 1.82) is 0 Å². The fourth-order valence-electron chi connectivity index (χ4n) is 2.54. The zero-order chi connectivity index (χ0) is 16.2. The zero-order valence-corrected chi connectivity index (χ0v) is 15.0. The van der Waals surface area contributed by atoms with E-state index in [-0.39, 0.29) is 12.1 Å². The standard InChI is InChI=1S/C16H24BrN3O2/c1-16(2,3)22-15(21)20-8-4-5-13(20)11-18-10-12-6-7-19-14(17)9-12/h6-7,9,13,18H,4-5,8,10-11H2,1-3H3/t13-/m0/s1. The molecule has 22 heavy (non-hydrogen) atoms. The van der Waals surface area contributed by atoms with Crippen molar-refractivity contribution in [3.63, 3.8) is 0 Å². The highest BCUT2D eigenvalue weighted by Gasteiger charge is 2.31. The van der Waals surface area contributed by atoms with Crippen molar-refractivity contribution < 1.29 is 9.53 Å². The molecule has 1 fully saturated rings. The number of aromatic nitrogens is 1. The van der Waals surface area contributed by atoms with E-state index in [4.69, 9.17) is 4.74 Å². The molecule has 2 heterocycles. The third-order valence-corrected chi connectivity index (χ3v) is 3.94. The van der Waals surface area contributed by atoms with Crippen LogP contribution in [0.4, 0.5) is 4.79 Å². The van der Waals surface area contributed by atoms with Gasteiger partial charge < -0.3 is 15.0 Å². The van der Waals surface area contributed by atoms with Crippen LogP contribution < -0.4 is 5.32 Å². The summed E-state index contributed by atoms with van der Waals surface area (Å²) < 4.78 is 6.31. The van der Waals surface area contributed by atoms with E-state index >= 15 is 0 Å². The molecule has 0 unspecified atom stereocenters. The van der Waals surface area contributed by atoms with Crippen LogP contribution >= 0.6 is 15.9 Å². The van der Waals surface area contributed by atoms with Gasteiger partial charge in [-0.2, -0.15) is 0 Å². The van der Waals surface area contributed by atoms with E-state index in [1.165, 1.54) is 5.56 Å². The Balaban J connectivity index is 1.82. The van der Waals surface area contributed by atoms with Gasteiger partial charge in [0, 0.05) is 31.9 Å². The van der Waals surface area contributed by atoms with Crippen molar-refractivity contribution in [2.45, 2.75) is 51.8 Å². The number of rotatable bonds is 4. The number of nitrogens with one attached hydrogen (secondary N) is 1. The molecule has 2 rings (SSSR count). The Morgan fingerprint density at radius 3 is 3.00 bits per heavy atom. The minimum absolute atomic E-state index is 0.205. The summed E-state index contributed by atoms with van der Waals surface area (Å²) in [6, 6.07) is 4.19. The van der Waals surface area contributed by atoms with Crippen molar-refractivity contribution in [1.82, 2.24) is 15.2 Å². The Hall–Kier alpha value is -1.14. The number of hydrogen-bond donors (Lipinski definition) is 1. The molecule has 1 aromatic rings. The predicted octanol–water partition coefficient (Wildman–Crippen LogP) is 3.33. The molecule has 1 atom stereocenters. The van der Waals surface area contributed by atoms with Crippen molar-refractivity contribution in [2.75, 3.05) is 13.1 Å². The van der Waals surface area contributed by atoms with Crippen molar-refractivity contribution in [3.8, 4) is 0 Å². The van der Waals surface area contributed by atoms with Gasteiger partial charge in [-0.05, 0) is 67.2 Å². The first-order valence-corrected chi connectivity index (χ1v) is 8.45. The zero-order valence-electron chi connectivity index (χ0n) is 13.4. The van der Waals surface area contributed by atoms with Crippen LogP contribution in [0.25, 0.3) is 0 Å². The molecule has 5 nitrogen and oxygen atoms in total. The van der Waals surface area contributed by atoms with Crippen LogP contribution in [-0.4, -0.2) is 40.7 Å². The summed E-state index contributed by atoms with van der Waals surface area (Å²) in [5.41, 5.74) is 0.727. The second-order valence-corrected chi connectivity index (χ2v) is 7.40. The molecule has 0 aromatic carbocycles. The van der Waals surface area contributed by atoms with Gasteiger partial charge in [-0.1, -0.05) is 0 Å². The molecule has 0 radical (unpaired) electrons. The van der Waals surface area contributed by atoms with Crippen LogP contribution in [0.1, 0.15) is 39.2 Å². The lowest BCUT2D eigenvalue weighted by atomic mass is 10.2. The van der Waals surface area contributed by atoms with Crippen LogP contribution in [0.5, 0.6) is 0 Å². The molecule has 122 valence electrons. The molecule has 0 bridgehead atoms. The van der Waals surface area contributed by atoms with Gasteiger partial charge in [-0.15, -0.1) is 0 Å². The van der Waals surface area contributed by atoms with Crippen molar-refractivity contribution in [2.24, 2.45) is 0 Å². The highest BCUT2D eigenvalue weighted by molar-refractivity contribution is 9.10. The third kappa shape index (κ3) is 5.25. The van der Waals surface area contributed by atoms with Gasteiger partial charge in [-0.3, -0.25) is 0 Å². The molecule has 0 aliphatic carbocycles. The highest BCUT2D eigenvalue weighted by Crippen LogP contribution is 2.20. The van der Waals surface area contributed by atoms with Crippen LogP contribution in [0.2, 0.25) is 0 Å². The molecule has 1 N–H and O–H groups in total. The number of ether oxygens (including phenoxy) is 1. The van der Waals surface area contributed by atoms with Gasteiger partial charge >= 0.3 is 6.09 Å². The SMILES string of the molecule is CC(C)(C)OC(=O)N1CCC[C@H]1CNCc1ccnc(Br)c1. The van der Waals surface area contributed by atoms with E-state index in [9.17, 15) is 4.79 Å². The lowest BCUT2D eigenvalue weighted by Gasteiger charge is -2.28. The van der Waals surface area contributed by atoms with Crippen molar-refractivity contribution >= 4 is 22.0 Å². The summed E-state index contributed by atoms with van der Waals surface area (Å²) in [4.78, 5) is 18.2. The number of hydrogen-bond acceptors (Lipinski definition) is 4. The van der Waals surface area contributed by atoms with E-state index in [1.807, 2.05) is 37.8 Å². The molecule has 0 saturated carbocycles. The Bertz CT molecular complexity index is 516. The largest absolute Gasteiger partial charge is 0.444 e. The summed E-state index contributed by atoms with van der Waals surface area (Å²) >= 11 is 3.37. The molecule has 1 amide bonds. The summed E-state index contributed by atoms with van der Waals surface area (Å²) in [7, 11) is 0. The maximum Gasteiger partial charge on any atom is 0.410 e. The molecular weight excluding hydrogens is 346 g/mol. The van der Waals surface area contributed by atoms with Gasteiger partial charge in [0.25, 0.3) is 0 Å². The Morgan fingerprint density at radius 1 is 1.55 bits per heavy atom. The third-order valence-electron chi connectivity index (χ3n) is 3.51. The highest BCUT2D eigenvalue weighted by atomic mass is 79.9. The average molecular weight is 370 g/mol. The van der Waals surface area contributed by atoms with E-state index in [2.05, 4.69) is 26.2 Å². The number of carbonyl (C=O) groups is 1. The summed E-state index contributed by atoms with van der Waals surface area (Å²) in [5.74, 6) is 0. The quantitative estimate of drug-likeness (QED) is 0.826. The fraction of sp³-hybridized carbons (Fsp3) is 0.625. The van der Waals surface area contributed by atoms with Gasteiger partial charge in [0.15, 0.2) is 0 Å². The maximum absolute atomic E-state index is 12.2. The minimum atomic E-state index is -0.443. The molecule has 1 aliphatic rings. The number of nitrogens with zero attached hydrogens (tertiary/aromatic N) is 2. The first kappa shape index (κ1) is 17.2. The lowest BCUT2D eigenvalue weighted by Crippen LogP contribution is -2.44. The molecule has 1 aromatic heterocycles. The summed E-state index contributed by atoms with van der Waals surface area (Å²) in [6.45, 7) is 8.02. The Labute approximate surface area is 140 Å². The average Bonchev–Trinajstić information content (AvgIpc) is 2.85. The number of amides is 1. The number of halogens is 1. The van der Waals surface area contributed by atoms with Crippen LogP contribution in [0.3, 0.4) is 0 Å². The van der Waals surface area contributed by atoms with Gasteiger partial charge in [-0.25, -0.2) is 9.78 Å². The topological polar surface area (TPSA) is 54.5 Å². The summed E-state index contributed by atoms with van der Waals surface area (Å²) in [6.07, 6.45) is 3.63. The monoisotopic (exact) mass is 369 g/mol. The lowest BCUT2D eigenvalue weighted by molar-refractivity contribution is 0.0226. The van der Waals surface area contributed by atoms with E-state index in [1.54, 1.807) is 6.20 Å². The summed E-state index contributed by atoms with van der Waals surface area (Å²) in [5, 5.41) is 3.42. The Kier molecular flexibility index (Phi) is 5.81. The molecule has 1 aliphatic heterocycles. The fourth-order valence-corrected chi connectivity index (χ4v) is 2.96. The second kappa shape index (κ2) is 7.42. The first-order chi connectivity index (χ1) is 10.3. The molecule has 0 spiro atoms. The van der Waals surface area contributed by atoms with Gasteiger partial charge in [0.2, 0.25) is 0 Å². The minimum Gasteiger partial charge on any atom is -0.444 e.